The molecule has 1 aromatic carbocycles. The molecule has 0 spiro atoms. The van der Waals surface area contributed by atoms with Gasteiger partial charge >= 0.3 is 0 Å². The van der Waals surface area contributed by atoms with Crippen LogP contribution in [0.5, 0.6) is 17.2 Å². The van der Waals surface area contributed by atoms with E-state index < -0.39 is 27.8 Å². The first-order valence-electron chi connectivity index (χ1n) is 6.79. The summed E-state index contributed by atoms with van der Waals surface area (Å²) < 4.78 is 0. The van der Waals surface area contributed by atoms with E-state index in [0.717, 1.165) is 18.2 Å². The average Bonchev–Trinajstić information content (AvgIpc) is 3.00. The van der Waals surface area contributed by atoms with Gasteiger partial charge in [0.1, 0.15) is 11.4 Å². The van der Waals surface area contributed by atoms with E-state index in [1.165, 1.54) is 6.07 Å². The van der Waals surface area contributed by atoms with Gasteiger partial charge in [-0.3, -0.25) is 14.4 Å². The lowest BCUT2D eigenvalue weighted by molar-refractivity contribution is 0.404. The van der Waals surface area contributed by atoms with Gasteiger partial charge in [0.05, 0.1) is 16.8 Å². The Morgan fingerprint density at radius 3 is 2.29 bits per heavy atom. The summed E-state index contributed by atoms with van der Waals surface area (Å²) in [5.41, 5.74) is -2.08. The first kappa shape index (κ1) is 13.9. The van der Waals surface area contributed by atoms with Crippen LogP contribution in [0.1, 0.15) is 0 Å². The topological polar surface area (TPSA) is 141 Å². The van der Waals surface area contributed by atoms with Crippen LogP contribution in [-0.2, 0) is 0 Å². The van der Waals surface area contributed by atoms with Crippen molar-refractivity contribution in [3.05, 3.63) is 54.9 Å². The quantitative estimate of drug-likeness (QED) is 0.293. The highest BCUT2D eigenvalue weighted by Gasteiger charge is 2.24. The van der Waals surface area contributed by atoms with Crippen LogP contribution >= 0.6 is 0 Å². The maximum Gasteiger partial charge on any atom is 0.227 e. The molecule has 0 fully saturated rings. The number of phenols is 2. The second kappa shape index (κ2) is 4.42. The van der Waals surface area contributed by atoms with Crippen LogP contribution in [0.25, 0.3) is 33.5 Å². The van der Waals surface area contributed by atoms with E-state index in [4.69, 9.17) is 0 Å². The highest BCUT2D eigenvalue weighted by molar-refractivity contribution is 5.96. The van der Waals surface area contributed by atoms with Gasteiger partial charge in [-0.15, -0.1) is 0 Å². The van der Waals surface area contributed by atoms with Crippen LogP contribution in [0.4, 0.5) is 0 Å². The Morgan fingerprint density at radius 2 is 1.54 bits per heavy atom. The summed E-state index contributed by atoms with van der Waals surface area (Å²) in [6.45, 7) is 0. The summed E-state index contributed by atoms with van der Waals surface area (Å²) in [5, 5.41) is 29.5. The van der Waals surface area contributed by atoms with Gasteiger partial charge in [0.2, 0.25) is 16.3 Å². The minimum Gasteiger partial charge on any atom is -0.505 e. The van der Waals surface area contributed by atoms with Gasteiger partial charge < -0.3 is 20.3 Å². The summed E-state index contributed by atoms with van der Waals surface area (Å²) in [5.74, 6) is -1.17. The monoisotopic (exact) mass is 324 g/mol. The van der Waals surface area contributed by atoms with Crippen LogP contribution in [0.3, 0.4) is 0 Å². The number of aromatic amines is 1. The van der Waals surface area contributed by atoms with Crippen molar-refractivity contribution in [3.63, 3.8) is 0 Å². The van der Waals surface area contributed by atoms with Crippen LogP contribution < -0.4 is 16.3 Å². The van der Waals surface area contributed by atoms with Gasteiger partial charge in [-0.2, -0.15) is 0 Å². The molecule has 4 rings (SSSR count). The van der Waals surface area contributed by atoms with Gasteiger partial charge in [-0.05, 0) is 6.07 Å². The summed E-state index contributed by atoms with van der Waals surface area (Å²) in [7, 11) is 0. The number of hydrogen-bond donors (Lipinski definition) is 4. The molecule has 0 amide bonds. The number of rotatable bonds is 1. The number of nitrogens with one attached hydrogen (secondary N) is 1. The third-order valence-corrected chi connectivity index (χ3v) is 3.86. The minimum atomic E-state index is -0.811. The van der Waals surface area contributed by atoms with Crippen molar-refractivity contribution in [1.82, 2.24) is 9.97 Å². The minimum absolute atomic E-state index is 0.0154. The molecule has 0 unspecified atom stereocenters. The fourth-order valence-electron chi connectivity index (χ4n) is 2.67. The molecule has 24 heavy (non-hydrogen) atoms. The molecule has 2 aliphatic rings. The van der Waals surface area contributed by atoms with E-state index in [1.54, 1.807) is 0 Å². The maximum absolute atomic E-state index is 12.4. The molecule has 4 N–H and O–H groups in total. The molecule has 0 atom stereocenters. The predicted octanol–water partition coefficient (Wildman–Crippen LogP) is 0.408. The first-order valence-corrected chi connectivity index (χ1v) is 6.79. The Morgan fingerprint density at radius 1 is 0.875 bits per heavy atom. The molecule has 8 heteroatoms. The van der Waals surface area contributed by atoms with Gasteiger partial charge in [-0.1, -0.05) is 0 Å². The van der Waals surface area contributed by atoms with E-state index in [2.05, 4.69) is 9.97 Å². The van der Waals surface area contributed by atoms with E-state index in [0.29, 0.717) is 0 Å². The second-order valence-electron chi connectivity index (χ2n) is 5.34. The lowest BCUT2D eigenvalue weighted by Gasteiger charge is -1.96. The van der Waals surface area contributed by atoms with E-state index in [9.17, 15) is 29.7 Å². The van der Waals surface area contributed by atoms with Gasteiger partial charge in [0, 0.05) is 23.6 Å². The summed E-state index contributed by atoms with van der Waals surface area (Å²) >= 11 is 0. The highest BCUT2D eigenvalue weighted by Crippen LogP contribution is 2.40. The van der Waals surface area contributed by atoms with E-state index in [-0.39, 0.29) is 39.3 Å². The number of H-pyrrole nitrogens is 1. The maximum atomic E-state index is 12.4. The number of fused-ring (bicyclic) bond motifs is 2. The normalized spacial score (nSPS) is 11.5. The zero-order valence-electron chi connectivity index (χ0n) is 11.8. The van der Waals surface area contributed by atoms with Gasteiger partial charge in [0.25, 0.3) is 0 Å². The van der Waals surface area contributed by atoms with Crippen molar-refractivity contribution in [2.45, 2.75) is 0 Å². The van der Waals surface area contributed by atoms with Crippen molar-refractivity contribution in [2.24, 2.45) is 0 Å². The van der Waals surface area contributed by atoms with Gasteiger partial charge in [-0.25, -0.2) is 4.98 Å². The number of aromatic hydroxyl groups is 3. The first-order chi connectivity index (χ1) is 11.4. The number of aromatic nitrogens is 2. The Bertz CT molecular complexity index is 1250. The molecule has 0 saturated carbocycles. The lowest BCUT2D eigenvalue weighted by atomic mass is 10.1. The van der Waals surface area contributed by atoms with Crippen LogP contribution in [-0.4, -0.2) is 25.3 Å². The fraction of sp³-hybridized carbons (Fsp3) is 0. The third-order valence-electron chi connectivity index (χ3n) is 3.86. The van der Waals surface area contributed by atoms with E-state index >= 15 is 0 Å². The molecule has 1 aliphatic heterocycles. The number of phenolic OH excluding ortho intramolecular Hbond substituents is 2. The standard InChI is InChI=1S/C16H8N2O6/c19-9-1-5-7(3-11(9)21)17-13(15(5)23)14-16(24)6-2-10(20)12(22)4-8(6)18-14/h1-4,17,19,21,23H. The molecule has 1 aliphatic carbocycles. The Hall–Kier alpha value is -3.68. The SMILES string of the molecule is O=c1c2cc(=O)c(=O)cc-2nc1-c1[nH]c2cc(O)c(O)cc2c1O. The fourth-order valence-corrected chi connectivity index (χ4v) is 2.67. The van der Waals surface area contributed by atoms with Crippen molar-refractivity contribution in [1.29, 1.82) is 0 Å². The van der Waals surface area contributed by atoms with Crippen molar-refractivity contribution in [2.75, 3.05) is 0 Å². The summed E-state index contributed by atoms with van der Waals surface area (Å²) in [6, 6.07) is 4.22. The van der Waals surface area contributed by atoms with Crippen molar-refractivity contribution < 1.29 is 15.3 Å². The Balaban J connectivity index is 2.07. The van der Waals surface area contributed by atoms with Gasteiger partial charge in [0.15, 0.2) is 17.2 Å². The highest BCUT2D eigenvalue weighted by atomic mass is 16.3. The van der Waals surface area contributed by atoms with Crippen LogP contribution in [0, 0.1) is 0 Å². The Kier molecular flexibility index (Phi) is 2.57. The smallest absolute Gasteiger partial charge is 0.227 e. The number of benzene rings is 2. The van der Waals surface area contributed by atoms with Crippen LogP contribution in [0.15, 0.2) is 38.6 Å². The molecule has 118 valence electrons. The number of nitrogens with zero attached hydrogens (tertiary/aromatic N) is 1. The largest absolute Gasteiger partial charge is 0.505 e. The average molecular weight is 324 g/mol. The molecule has 0 saturated heterocycles. The summed E-state index contributed by atoms with van der Waals surface area (Å²) in [4.78, 5) is 42.0. The molecular formula is C16H8N2O6. The predicted molar refractivity (Wildman–Crippen MR) is 84.3 cm³/mol. The zero-order chi connectivity index (χ0) is 17.2. The van der Waals surface area contributed by atoms with Crippen LogP contribution in [0.2, 0.25) is 0 Å². The molecule has 0 radical (unpaired) electrons. The molecule has 1 aromatic heterocycles. The van der Waals surface area contributed by atoms with Crippen molar-refractivity contribution >= 4 is 10.9 Å². The zero-order valence-corrected chi connectivity index (χ0v) is 11.8. The molecule has 2 aromatic rings. The van der Waals surface area contributed by atoms with Crippen molar-refractivity contribution in [3.8, 4) is 39.9 Å². The molecule has 8 nitrogen and oxygen atoms in total. The third kappa shape index (κ3) is 1.73. The lowest BCUT2D eigenvalue weighted by Crippen LogP contribution is -2.23. The molecule has 0 bridgehead atoms. The second-order valence-corrected chi connectivity index (χ2v) is 5.34. The summed E-state index contributed by atoms with van der Waals surface area (Å²) in [6.07, 6.45) is 0. The molecular weight excluding hydrogens is 316 g/mol. The Labute approximate surface area is 131 Å². The number of hydrogen-bond acceptors (Lipinski definition) is 7. The van der Waals surface area contributed by atoms with E-state index in [1.807, 2.05) is 0 Å². The molecule has 2 heterocycles.